The van der Waals surface area contributed by atoms with Gasteiger partial charge in [-0.2, -0.15) is 0 Å². The van der Waals surface area contributed by atoms with E-state index in [0.717, 1.165) is 5.52 Å². The number of carbonyl (C=O) groups is 2. The Hall–Kier alpha value is -2.67. The molecule has 2 aromatic rings. The maximum absolute atomic E-state index is 12.3. The monoisotopic (exact) mass is 332 g/mol. The summed E-state index contributed by atoms with van der Waals surface area (Å²) in [7, 11) is 6.64. The molecule has 0 aliphatic heterocycles. The third-order valence-electron chi connectivity index (χ3n) is 3.47. The lowest BCUT2D eigenvalue weighted by atomic mass is 10.1. The van der Waals surface area contributed by atoms with Gasteiger partial charge in [0.1, 0.15) is 18.4 Å². The first kappa shape index (κ1) is 17.7. The van der Waals surface area contributed by atoms with Gasteiger partial charge < -0.3 is 19.7 Å². The number of methoxy groups -OCH3 is 1. The minimum absolute atomic E-state index is 0.210. The molecule has 7 nitrogen and oxygen atoms in total. The van der Waals surface area contributed by atoms with Gasteiger partial charge in [-0.1, -0.05) is 6.07 Å². The van der Waals surface area contributed by atoms with Crippen LogP contribution in [0.15, 0.2) is 30.5 Å². The van der Waals surface area contributed by atoms with Crippen LogP contribution < -0.4 is 14.6 Å². The number of carbonyl (C=O) groups excluding carboxylic acids is 2. The summed E-state index contributed by atoms with van der Waals surface area (Å²) >= 11 is 0. The van der Waals surface area contributed by atoms with E-state index in [1.807, 2.05) is 17.7 Å². The Morgan fingerprint density at radius 1 is 1.29 bits per heavy atom. The largest absolute Gasteiger partial charge is 0.414 e. The van der Waals surface area contributed by atoms with Crippen LogP contribution in [0, 0.1) is 0 Å². The van der Waals surface area contributed by atoms with E-state index in [0.29, 0.717) is 29.9 Å². The quantitative estimate of drug-likeness (QED) is 0.657. The molecule has 0 bridgehead atoms. The smallest absolute Gasteiger partial charge is 0.409 e. The minimum atomic E-state index is -0.472. The highest BCUT2D eigenvalue weighted by Gasteiger charge is 2.18. The SMILES string of the molecule is COCCNC(=O)c1cc2c(OC(=O)N(C)C)cccc2[n+](C)c1. The van der Waals surface area contributed by atoms with E-state index in [-0.39, 0.29) is 5.91 Å². The summed E-state index contributed by atoms with van der Waals surface area (Å²) in [6.07, 6.45) is 1.27. The first-order valence-corrected chi connectivity index (χ1v) is 7.52. The van der Waals surface area contributed by atoms with Crippen molar-refractivity contribution in [3.05, 3.63) is 36.0 Å². The van der Waals surface area contributed by atoms with Crippen molar-refractivity contribution in [1.29, 1.82) is 0 Å². The number of rotatable bonds is 5. The molecule has 1 N–H and O–H groups in total. The standard InChI is InChI=1S/C17H21N3O4/c1-19(2)17(22)24-15-7-5-6-14-13(15)10-12(11-20(14)3)16(21)18-8-9-23-4/h5-7,10-11H,8-9H2,1-4H3/p+1. The molecule has 0 radical (unpaired) electrons. The second kappa shape index (κ2) is 7.74. The highest BCUT2D eigenvalue weighted by molar-refractivity contribution is 5.97. The van der Waals surface area contributed by atoms with Crippen molar-refractivity contribution in [3.8, 4) is 5.75 Å². The molecular formula is C17H22N3O4+. The Labute approximate surface area is 140 Å². The molecule has 0 spiro atoms. The van der Waals surface area contributed by atoms with E-state index in [4.69, 9.17) is 9.47 Å². The molecule has 0 aliphatic rings. The van der Waals surface area contributed by atoms with Crippen LogP contribution in [0.2, 0.25) is 0 Å². The number of hydrogen-bond donors (Lipinski definition) is 1. The van der Waals surface area contributed by atoms with Gasteiger partial charge in [0.15, 0.2) is 6.20 Å². The Kier molecular flexibility index (Phi) is 5.70. The topological polar surface area (TPSA) is 71.7 Å². The van der Waals surface area contributed by atoms with Crippen molar-refractivity contribution < 1.29 is 23.6 Å². The average Bonchev–Trinajstić information content (AvgIpc) is 2.55. The number of fused-ring (bicyclic) bond motifs is 1. The first-order valence-electron chi connectivity index (χ1n) is 7.52. The van der Waals surface area contributed by atoms with Crippen molar-refractivity contribution >= 4 is 22.9 Å². The van der Waals surface area contributed by atoms with E-state index >= 15 is 0 Å². The lowest BCUT2D eigenvalue weighted by Gasteiger charge is -2.12. The van der Waals surface area contributed by atoms with Crippen LogP contribution in [0.5, 0.6) is 5.75 Å². The Bertz CT molecular complexity index is 759. The molecule has 0 saturated carbocycles. The Morgan fingerprint density at radius 3 is 2.71 bits per heavy atom. The van der Waals surface area contributed by atoms with Crippen LogP contribution in [0.25, 0.3) is 10.9 Å². The Balaban J connectivity index is 2.39. The maximum atomic E-state index is 12.3. The summed E-state index contributed by atoms with van der Waals surface area (Å²) in [4.78, 5) is 25.4. The molecule has 128 valence electrons. The van der Waals surface area contributed by atoms with Crippen molar-refractivity contribution in [2.75, 3.05) is 34.4 Å². The number of amides is 2. The molecule has 0 saturated heterocycles. The first-order chi connectivity index (χ1) is 11.4. The van der Waals surface area contributed by atoms with Crippen molar-refractivity contribution in [2.45, 2.75) is 0 Å². The fourth-order valence-corrected chi connectivity index (χ4v) is 2.22. The van der Waals surface area contributed by atoms with Crippen LogP contribution in [-0.2, 0) is 11.8 Å². The van der Waals surface area contributed by atoms with E-state index in [9.17, 15) is 9.59 Å². The van der Waals surface area contributed by atoms with E-state index in [1.165, 1.54) is 4.90 Å². The van der Waals surface area contributed by atoms with E-state index < -0.39 is 6.09 Å². The molecule has 24 heavy (non-hydrogen) atoms. The van der Waals surface area contributed by atoms with Gasteiger partial charge in [0, 0.05) is 33.8 Å². The fourth-order valence-electron chi connectivity index (χ4n) is 2.22. The molecule has 0 aliphatic carbocycles. The highest BCUT2D eigenvalue weighted by Crippen LogP contribution is 2.24. The molecule has 0 unspecified atom stereocenters. The predicted octanol–water partition coefficient (Wildman–Crippen LogP) is 1.10. The van der Waals surface area contributed by atoms with Gasteiger partial charge in [-0.3, -0.25) is 4.79 Å². The summed E-state index contributed by atoms with van der Waals surface area (Å²) in [6, 6.07) is 7.12. The fraction of sp³-hybridized carbons (Fsp3) is 0.353. The lowest BCUT2D eigenvalue weighted by Crippen LogP contribution is -2.33. The number of benzene rings is 1. The van der Waals surface area contributed by atoms with Gasteiger partial charge in [0.05, 0.1) is 12.0 Å². The van der Waals surface area contributed by atoms with Gasteiger partial charge in [0.2, 0.25) is 5.52 Å². The van der Waals surface area contributed by atoms with Crippen molar-refractivity contribution in [3.63, 3.8) is 0 Å². The zero-order chi connectivity index (χ0) is 17.7. The summed E-state index contributed by atoms with van der Waals surface area (Å²) < 4.78 is 12.2. The summed E-state index contributed by atoms with van der Waals surface area (Å²) in [5, 5.41) is 3.47. The molecule has 2 rings (SSSR count). The summed E-state index contributed by atoms with van der Waals surface area (Å²) in [6.45, 7) is 0.867. The second-order valence-electron chi connectivity index (χ2n) is 5.54. The third-order valence-corrected chi connectivity index (χ3v) is 3.47. The zero-order valence-corrected chi connectivity index (χ0v) is 14.3. The summed E-state index contributed by atoms with van der Waals surface area (Å²) in [5.74, 6) is 0.201. The number of aryl methyl sites for hydroxylation is 1. The minimum Gasteiger partial charge on any atom is -0.409 e. The Morgan fingerprint density at radius 2 is 2.04 bits per heavy atom. The molecule has 1 aromatic carbocycles. The second-order valence-corrected chi connectivity index (χ2v) is 5.54. The molecule has 0 atom stereocenters. The number of nitrogens with zero attached hydrogens (tertiary/aromatic N) is 2. The van der Waals surface area contributed by atoms with Crippen LogP contribution >= 0.6 is 0 Å². The van der Waals surface area contributed by atoms with Gasteiger partial charge in [-0.15, -0.1) is 0 Å². The normalized spacial score (nSPS) is 10.5. The van der Waals surface area contributed by atoms with Crippen LogP contribution in [0.3, 0.4) is 0 Å². The van der Waals surface area contributed by atoms with Gasteiger partial charge in [-0.05, 0) is 12.1 Å². The number of hydrogen-bond acceptors (Lipinski definition) is 4. The average molecular weight is 332 g/mol. The molecule has 2 amide bonds. The lowest BCUT2D eigenvalue weighted by molar-refractivity contribution is -0.645. The van der Waals surface area contributed by atoms with Crippen molar-refractivity contribution in [1.82, 2.24) is 10.2 Å². The van der Waals surface area contributed by atoms with Gasteiger partial charge >= 0.3 is 6.09 Å². The number of pyridine rings is 1. The van der Waals surface area contributed by atoms with E-state index in [2.05, 4.69) is 5.32 Å². The highest BCUT2D eigenvalue weighted by atomic mass is 16.6. The maximum Gasteiger partial charge on any atom is 0.414 e. The van der Waals surface area contributed by atoms with E-state index in [1.54, 1.807) is 45.6 Å². The number of aromatic nitrogens is 1. The van der Waals surface area contributed by atoms with Crippen LogP contribution in [-0.4, -0.2) is 51.3 Å². The molecule has 0 fully saturated rings. The van der Waals surface area contributed by atoms with Crippen molar-refractivity contribution in [2.24, 2.45) is 7.05 Å². The molecule has 1 heterocycles. The number of nitrogens with one attached hydrogen (secondary N) is 1. The third kappa shape index (κ3) is 3.99. The van der Waals surface area contributed by atoms with Crippen LogP contribution in [0.1, 0.15) is 10.4 Å². The molecule has 1 aromatic heterocycles. The van der Waals surface area contributed by atoms with Gasteiger partial charge in [0.25, 0.3) is 5.91 Å². The zero-order valence-electron chi connectivity index (χ0n) is 14.3. The predicted molar refractivity (Wildman–Crippen MR) is 89.0 cm³/mol. The number of ether oxygens (including phenoxy) is 2. The molecular weight excluding hydrogens is 310 g/mol. The molecule has 7 heteroatoms. The van der Waals surface area contributed by atoms with Gasteiger partial charge in [-0.25, -0.2) is 9.36 Å². The van der Waals surface area contributed by atoms with Crippen LogP contribution in [0.4, 0.5) is 4.79 Å². The summed E-state index contributed by atoms with van der Waals surface area (Å²) in [5.41, 5.74) is 1.34.